The third-order valence-corrected chi connectivity index (χ3v) is 7.15. The van der Waals surface area contributed by atoms with E-state index >= 15 is 0 Å². The summed E-state index contributed by atoms with van der Waals surface area (Å²) in [6.45, 7) is 13.8. The van der Waals surface area contributed by atoms with Gasteiger partial charge in [-0.2, -0.15) is 0 Å². The van der Waals surface area contributed by atoms with Gasteiger partial charge >= 0.3 is 0 Å². The molecule has 1 amide bonds. The Bertz CT molecular complexity index is 457. The number of likely N-dealkylation sites (tertiary alicyclic amines) is 1. The molecule has 3 nitrogen and oxygen atoms in total. The van der Waals surface area contributed by atoms with Crippen LogP contribution in [-0.2, 0) is 4.79 Å². The van der Waals surface area contributed by atoms with Crippen LogP contribution in [0.4, 0.5) is 0 Å². The molecule has 1 saturated heterocycles. The second-order valence-corrected chi connectivity index (χ2v) is 10.2. The monoisotopic (exact) mass is 350 g/mol. The lowest BCUT2D eigenvalue weighted by atomic mass is 9.66. The fraction of sp³-hybridized carbons (Fsp3) is 0.955. The molecule has 0 aromatic rings. The third kappa shape index (κ3) is 4.99. The van der Waals surface area contributed by atoms with Crippen molar-refractivity contribution in [3.05, 3.63) is 0 Å². The van der Waals surface area contributed by atoms with Crippen LogP contribution < -0.4 is 5.73 Å². The summed E-state index contributed by atoms with van der Waals surface area (Å²) in [6.07, 6.45) is 10.1. The summed E-state index contributed by atoms with van der Waals surface area (Å²) in [6, 6.07) is 0.697. The number of carbonyl (C=O) groups excluding carboxylic acids is 1. The normalized spacial score (nSPS) is 38.6. The Morgan fingerprint density at radius 2 is 1.76 bits per heavy atom. The smallest absolute Gasteiger partial charge is 0.223 e. The van der Waals surface area contributed by atoms with Crippen molar-refractivity contribution in [3.63, 3.8) is 0 Å². The number of piperidine rings is 1. The predicted molar refractivity (Wildman–Crippen MR) is 106 cm³/mol. The summed E-state index contributed by atoms with van der Waals surface area (Å²) in [7, 11) is 0. The van der Waals surface area contributed by atoms with E-state index in [4.69, 9.17) is 5.73 Å². The second kappa shape index (κ2) is 7.98. The number of hydrogen-bond donors (Lipinski definition) is 1. The zero-order valence-electron chi connectivity index (χ0n) is 17.6. The van der Waals surface area contributed by atoms with E-state index in [0.29, 0.717) is 41.7 Å². The van der Waals surface area contributed by atoms with Crippen molar-refractivity contribution in [1.82, 2.24) is 4.90 Å². The first-order valence-corrected chi connectivity index (χ1v) is 10.7. The van der Waals surface area contributed by atoms with Gasteiger partial charge in [0, 0.05) is 24.0 Å². The highest BCUT2D eigenvalue weighted by Crippen LogP contribution is 2.44. The Labute approximate surface area is 156 Å². The highest BCUT2D eigenvalue weighted by Gasteiger charge is 2.42. The van der Waals surface area contributed by atoms with Gasteiger partial charge in [0.15, 0.2) is 0 Å². The standard InChI is InChI=1S/C22H42N2O/c1-16(2)21(5)13-9-7-8-10-19-18(14-22(6,23)15-21)11-12-20(25)24(19)17(3)4/h16-19H,7-15,23H2,1-6H3. The van der Waals surface area contributed by atoms with E-state index in [1.54, 1.807) is 0 Å². The molecule has 0 aromatic heterocycles. The highest BCUT2D eigenvalue weighted by molar-refractivity contribution is 5.77. The maximum atomic E-state index is 12.6. The molecular formula is C22H42N2O. The minimum atomic E-state index is -0.144. The molecule has 0 aromatic carbocycles. The first-order valence-electron chi connectivity index (χ1n) is 10.7. The van der Waals surface area contributed by atoms with Crippen molar-refractivity contribution in [2.45, 2.75) is 117 Å². The van der Waals surface area contributed by atoms with E-state index in [2.05, 4.69) is 46.4 Å². The molecule has 4 unspecified atom stereocenters. The van der Waals surface area contributed by atoms with Gasteiger partial charge in [-0.05, 0) is 70.1 Å². The van der Waals surface area contributed by atoms with Gasteiger partial charge in [-0.1, -0.05) is 40.0 Å². The van der Waals surface area contributed by atoms with E-state index in [0.717, 1.165) is 25.7 Å². The lowest BCUT2D eigenvalue weighted by Crippen LogP contribution is -2.54. The Morgan fingerprint density at radius 1 is 1.08 bits per heavy atom. The summed E-state index contributed by atoms with van der Waals surface area (Å²) in [5, 5.41) is 0. The number of nitrogens with zero attached hydrogens (tertiary/aromatic N) is 1. The van der Waals surface area contributed by atoms with E-state index in [1.807, 2.05) is 0 Å². The molecule has 146 valence electrons. The molecule has 2 aliphatic rings. The quantitative estimate of drug-likeness (QED) is 0.751. The maximum Gasteiger partial charge on any atom is 0.223 e. The number of nitrogens with two attached hydrogens (primary N) is 1. The Balaban J connectivity index is 2.26. The lowest BCUT2D eigenvalue weighted by Gasteiger charge is -2.47. The number of amides is 1. The molecule has 1 aliphatic heterocycles. The van der Waals surface area contributed by atoms with Crippen molar-refractivity contribution in [1.29, 1.82) is 0 Å². The largest absolute Gasteiger partial charge is 0.337 e. The minimum absolute atomic E-state index is 0.144. The SMILES string of the molecule is CC(C)N1C(=O)CCC2CC(C)(N)CC(C)(C(C)C)CCCCCC21. The Hall–Kier alpha value is -0.570. The first-order chi connectivity index (χ1) is 11.6. The van der Waals surface area contributed by atoms with Crippen molar-refractivity contribution >= 4 is 5.91 Å². The third-order valence-electron chi connectivity index (χ3n) is 7.15. The van der Waals surface area contributed by atoms with Gasteiger partial charge in [-0.3, -0.25) is 4.79 Å². The van der Waals surface area contributed by atoms with Gasteiger partial charge in [0.25, 0.3) is 0 Å². The molecule has 2 N–H and O–H groups in total. The van der Waals surface area contributed by atoms with Gasteiger partial charge in [-0.15, -0.1) is 0 Å². The van der Waals surface area contributed by atoms with E-state index < -0.39 is 0 Å². The fourth-order valence-electron chi connectivity index (χ4n) is 5.56. The predicted octanol–water partition coefficient (Wildman–Crippen LogP) is 5.13. The molecule has 4 atom stereocenters. The van der Waals surface area contributed by atoms with Gasteiger partial charge in [0.2, 0.25) is 5.91 Å². The van der Waals surface area contributed by atoms with Gasteiger partial charge < -0.3 is 10.6 Å². The topological polar surface area (TPSA) is 46.3 Å². The number of hydrogen-bond acceptors (Lipinski definition) is 2. The van der Waals surface area contributed by atoms with Crippen molar-refractivity contribution < 1.29 is 4.79 Å². The number of carbonyl (C=O) groups is 1. The average molecular weight is 351 g/mol. The van der Waals surface area contributed by atoms with Crippen LogP contribution in [0, 0.1) is 17.3 Å². The van der Waals surface area contributed by atoms with E-state index in [1.165, 1.54) is 25.7 Å². The van der Waals surface area contributed by atoms with Crippen LogP contribution in [-0.4, -0.2) is 28.4 Å². The molecule has 1 aliphatic carbocycles. The van der Waals surface area contributed by atoms with Crippen LogP contribution in [0.5, 0.6) is 0 Å². The lowest BCUT2D eigenvalue weighted by molar-refractivity contribution is -0.142. The van der Waals surface area contributed by atoms with E-state index in [9.17, 15) is 4.79 Å². The molecule has 3 heteroatoms. The van der Waals surface area contributed by atoms with Crippen LogP contribution in [0.1, 0.15) is 99.3 Å². The molecule has 1 saturated carbocycles. The molecular weight excluding hydrogens is 308 g/mol. The van der Waals surface area contributed by atoms with Crippen LogP contribution >= 0.6 is 0 Å². The highest BCUT2D eigenvalue weighted by atomic mass is 16.2. The van der Waals surface area contributed by atoms with Crippen LogP contribution in [0.25, 0.3) is 0 Å². The molecule has 0 spiro atoms. The summed E-state index contributed by atoms with van der Waals surface area (Å²) >= 11 is 0. The molecule has 2 fully saturated rings. The minimum Gasteiger partial charge on any atom is -0.337 e. The fourth-order valence-corrected chi connectivity index (χ4v) is 5.56. The Kier molecular flexibility index (Phi) is 6.62. The van der Waals surface area contributed by atoms with E-state index in [-0.39, 0.29) is 5.54 Å². The second-order valence-electron chi connectivity index (χ2n) is 10.2. The van der Waals surface area contributed by atoms with Crippen LogP contribution in [0.15, 0.2) is 0 Å². The zero-order chi connectivity index (χ0) is 18.8. The van der Waals surface area contributed by atoms with Gasteiger partial charge in [0.05, 0.1) is 0 Å². The average Bonchev–Trinajstić information content (AvgIpc) is 2.49. The number of rotatable bonds is 2. The van der Waals surface area contributed by atoms with Gasteiger partial charge in [0.1, 0.15) is 0 Å². The molecule has 0 radical (unpaired) electrons. The van der Waals surface area contributed by atoms with Crippen molar-refractivity contribution in [3.8, 4) is 0 Å². The molecule has 25 heavy (non-hydrogen) atoms. The first kappa shape index (κ1) is 20.7. The van der Waals surface area contributed by atoms with Crippen LogP contribution in [0.2, 0.25) is 0 Å². The zero-order valence-corrected chi connectivity index (χ0v) is 17.6. The van der Waals surface area contributed by atoms with Crippen LogP contribution in [0.3, 0.4) is 0 Å². The van der Waals surface area contributed by atoms with Crippen molar-refractivity contribution in [2.24, 2.45) is 23.0 Å². The molecule has 1 heterocycles. The summed E-state index contributed by atoms with van der Waals surface area (Å²) < 4.78 is 0. The number of fused-ring (bicyclic) bond motifs is 1. The Morgan fingerprint density at radius 3 is 2.36 bits per heavy atom. The summed E-state index contributed by atoms with van der Waals surface area (Å²) in [5.41, 5.74) is 7.07. The maximum absolute atomic E-state index is 12.6. The summed E-state index contributed by atoms with van der Waals surface area (Å²) in [5.74, 6) is 1.58. The van der Waals surface area contributed by atoms with Crippen molar-refractivity contribution in [2.75, 3.05) is 0 Å². The molecule has 0 bridgehead atoms. The summed E-state index contributed by atoms with van der Waals surface area (Å²) in [4.78, 5) is 14.8. The molecule has 2 rings (SSSR count). The van der Waals surface area contributed by atoms with Gasteiger partial charge in [-0.25, -0.2) is 0 Å².